The van der Waals surface area contributed by atoms with Crippen LogP contribution in [0.2, 0.25) is 0 Å². The van der Waals surface area contributed by atoms with Gasteiger partial charge in [-0.05, 0) is 24.6 Å². The van der Waals surface area contributed by atoms with E-state index in [1.807, 2.05) is 0 Å². The molecule has 1 fully saturated rings. The van der Waals surface area contributed by atoms with Crippen molar-refractivity contribution in [2.24, 2.45) is 5.41 Å². The van der Waals surface area contributed by atoms with Crippen molar-refractivity contribution in [1.82, 2.24) is 5.32 Å². The van der Waals surface area contributed by atoms with E-state index in [0.717, 1.165) is 5.56 Å². The molecule has 1 saturated heterocycles. The van der Waals surface area contributed by atoms with Crippen LogP contribution in [-0.4, -0.2) is 37.6 Å². The lowest BCUT2D eigenvalue weighted by Gasteiger charge is -2.32. The first kappa shape index (κ1) is 15.5. The topological polar surface area (TPSA) is 84.9 Å². The van der Waals surface area contributed by atoms with Crippen molar-refractivity contribution >= 4 is 19.3 Å². The molecule has 1 heterocycles. The Balaban J connectivity index is 1.90. The standard InChI is InChI=1S/C13H15BFNO5/c1-13(7-20-14(15)21-8-13)12(19)16-6-9-2-4-10(5-3-9)11(17)18/h2-5H,6-8H2,1H3,(H,16,19)(H,17,18). The maximum atomic E-state index is 12.7. The first-order chi connectivity index (χ1) is 9.90. The van der Waals surface area contributed by atoms with Crippen LogP contribution in [0.15, 0.2) is 24.3 Å². The maximum Gasteiger partial charge on any atom is 0.680 e. The molecule has 0 aliphatic carbocycles. The number of carboxylic acid groups (broad SMARTS) is 1. The van der Waals surface area contributed by atoms with E-state index < -0.39 is 18.8 Å². The molecule has 2 rings (SSSR count). The molecule has 2 N–H and O–H groups in total. The van der Waals surface area contributed by atoms with Gasteiger partial charge in [-0.25, -0.2) is 4.79 Å². The molecule has 1 aromatic rings. The van der Waals surface area contributed by atoms with Crippen molar-refractivity contribution in [3.05, 3.63) is 35.4 Å². The summed E-state index contributed by atoms with van der Waals surface area (Å²) < 4.78 is 22.1. The molecule has 112 valence electrons. The number of nitrogens with one attached hydrogen (secondary N) is 1. The molecule has 0 bridgehead atoms. The highest BCUT2D eigenvalue weighted by molar-refractivity contribution is 6.35. The highest BCUT2D eigenvalue weighted by Crippen LogP contribution is 2.23. The third-order valence-electron chi connectivity index (χ3n) is 3.27. The predicted octanol–water partition coefficient (Wildman–Crippen LogP) is 1.01. The number of hydrogen-bond donors (Lipinski definition) is 2. The van der Waals surface area contributed by atoms with Gasteiger partial charge in [-0.1, -0.05) is 12.1 Å². The van der Waals surface area contributed by atoms with Crippen molar-refractivity contribution in [3.63, 3.8) is 0 Å². The maximum absolute atomic E-state index is 12.7. The SMILES string of the molecule is CC1(C(=O)NCc2ccc(C(=O)O)cc2)COB(F)OC1. The molecule has 0 saturated carbocycles. The monoisotopic (exact) mass is 295 g/mol. The number of carbonyl (C=O) groups is 2. The molecule has 0 unspecified atom stereocenters. The number of amides is 1. The Labute approximate surface area is 121 Å². The lowest BCUT2D eigenvalue weighted by Crippen LogP contribution is -2.50. The minimum Gasteiger partial charge on any atom is -0.478 e. The Kier molecular flexibility index (Phi) is 4.59. The van der Waals surface area contributed by atoms with Crippen molar-refractivity contribution in [3.8, 4) is 0 Å². The second-order valence-electron chi connectivity index (χ2n) is 5.14. The van der Waals surface area contributed by atoms with E-state index >= 15 is 0 Å². The van der Waals surface area contributed by atoms with Gasteiger partial charge in [0.2, 0.25) is 5.91 Å². The van der Waals surface area contributed by atoms with Crippen molar-refractivity contribution < 1.29 is 28.3 Å². The normalized spacial score (nSPS) is 17.3. The van der Waals surface area contributed by atoms with Crippen LogP contribution >= 0.6 is 0 Å². The van der Waals surface area contributed by atoms with Crippen LogP contribution in [0.5, 0.6) is 0 Å². The molecule has 1 amide bonds. The molecule has 1 aromatic carbocycles. The molecule has 0 aromatic heterocycles. The summed E-state index contributed by atoms with van der Waals surface area (Å²) in [6, 6.07) is 6.17. The summed E-state index contributed by atoms with van der Waals surface area (Å²) in [5.41, 5.74) is 0.00178. The van der Waals surface area contributed by atoms with Gasteiger partial charge in [0.15, 0.2) is 0 Å². The Morgan fingerprint density at radius 3 is 2.43 bits per heavy atom. The number of rotatable bonds is 4. The molecular weight excluding hydrogens is 280 g/mol. The summed E-state index contributed by atoms with van der Waals surface area (Å²) in [6.45, 7) is 1.75. The van der Waals surface area contributed by atoms with Crippen LogP contribution in [0.4, 0.5) is 4.32 Å². The molecule has 1 aliphatic rings. The van der Waals surface area contributed by atoms with Crippen LogP contribution in [0.3, 0.4) is 0 Å². The largest absolute Gasteiger partial charge is 0.680 e. The Morgan fingerprint density at radius 1 is 1.33 bits per heavy atom. The molecule has 8 heteroatoms. The Hall–Kier alpha value is -1.93. The highest BCUT2D eigenvalue weighted by Gasteiger charge is 2.41. The third-order valence-corrected chi connectivity index (χ3v) is 3.27. The van der Waals surface area contributed by atoms with Crippen molar-refractivity contribution in [2.75, 3.05) is 13.2 Å². The van der Waals surface area contributed by atoms with Crippen LogP contribution < -0.4 is 5.32 Å². The van der Waals surface area contributed by atoms with Gasteiger partial charge in [-0.15, -0.1) is 0 Å². The minimum atomic E-state index is -1.78. The van der Waals surface area contributed by atoms with Gasteiger partial charge >= 0.3 is 13.4 Å². The summed E-state index contributed by atoms with van der Waals surface area (Å²) >= 11 is 0. The molecular formula is C13H15BFNO5. The highest BCUT2D eigenvalue weighted by atomic mass is 19.1. The van der Waals surface area contributed by atoms with Gasteiger partial charge in [0.05, 0.1) is 24.2 Å². The van der Waals surface area contributed by atoms with E-state index in [2.05, 4.69) is 5.32 Å². The van der Waals surface area contributed by atoms with Gasteiger partial charge in [-0.3, -0.25) is 9.11 Å². The predicted molar refractivity (Wildman–Crippen MR) is 72.1 cm³/mol. The first-order valence-electron chi connectivity index (χ1n) is 6.38. The summed E-state index contributed by atoms with van der Waals surface area (Å²) in [5, 5.41) is 11.5. The molecule has 0 atom stereocenters. The number of halogens is 1. The second kappa shape index (κ2) is 6.23. The van der Waals surface area contributed by atoms with Crippen molar-refractivity contribution in [1.29, 1.82) is 0 Å². The van der Waals surface area contributed by atoms with Crippen LogP contribution in [0.25, 0.3) is 0 Å². The third kappa shape index (κ3) is 3.80. The van der Waals surface area contributed by atoms with Gasteiger partial charge in [0, 0.05) is 6.54 Å². The van der Waals surface area contributed by atoms with Crippen molar-refractivity contribution in [2.45, 2.75) is 13.5 Å². The Bertz CT molecular complexity index is 528. The molecule has 0 spiro atoms. The lowest BCUT2D eigenvalue weighted by atomic mass is 9.89. The number of hydrogen-bond acceptors (Lipinski definition) is 4. The van der Waals surface area contributed by atoms with Gasteiger partial charge in [0.1, 0.15) is 0 Å². The second-order valence-corrected chi connectivity index (χ2v) is 5.14. The number of aromatic carboxylic acids is 1. The summed E-state index contributed by atoms with van der Waals surface area (Å²) in [6.07, 6.45) is 0. The molecule has 6 nitrogen and oxygen atoms in total. The summed E-state index contributed by atoms with van der Waals surface area (Å²) in [5.74, 6) is -1.31. The van der Waals surface area contributed by atoms with Gasteiger partial charge in [-0.2, -0.15) is 0 Å². The zero-order valence-electron chi connectivity index (χ0n) is 11.5. The molecule has 0 radical (unpaired) electrons. The number of benzene rings is 1. The van der Waals surface area contributed by atoms with Gasteiger partial charge < -0.3 is 19.7 Å². The van der Waals surface area contributed by atoms with E-state index in [0.29, 0.717) is 0 Å². The average molecular weight is 295 g/mol. The van der Waals surface area contributed by atoms with E-state index in [4.69, 9.17) is 14.4 Å². The lowest BCUT2D eigenvalue weighted by molar-refractivity contribution is -0.138. The number of carbonyl (C=O) groups excluding carboxylic acids is 1. The summed E-state index contributed by atoms with van der Waals surface area (Å²) in [4.78, 5) is 22.8. The van der Waals surface area contributed by atoms with E-state index in [1.165, 1.54) is 12.1 Å². The molecule has 21 heavy (non-hydrogen) atoms. The molecule has 1 aliphatic heterocycles. The minimum absolute atomic E-state index is 0.0576. The average Bonchev–Trinajstić information content (AvgIpc) is 2.48. The van der Waals surface area contributed by atoms with E-state index in [9.17, 15) is 13.9 Å². The fourth-order valence-corrected chi connectivity index (χ4v) is 1.88. The number of carboxylic acids is 1. The first-order valence-corrected chi connectivity index (χ1v) is 6.38. The fraction of sp³-hybridized carbons (Fsp3) is 0.385. The van der Waals surface area contributed by atoms with Crippen LogP contribution in [-0.2, 0) is 20.6 Å². The Morgan fingerprint density at radius 2 is 1.90 bits per heavy atom. The van der Waals surface area contributed by atoms with Crippen LogP contribution in [0, 0.1) is 5.41 Å². The van der Waals surface area contributed by atoms with E-state index in [-0.39, 0.29) is 31.2 Å². The van der Waals surface area contributed by atoms with Gasteiger partial charge in [0.25, 0.3) is 0 Å². The fourth-order valence-electron chi connectivity index (χ4n) is 1.88. The summed E-state index contributed by atoms with van der Waals surface area (Å²) in [7, 11) is -1.78. The van der Waals surface area contributed by atoms with E-state index in [1.54, 1.807) is 19.1 Å². The quantitative estimate of drug-likeness (QED) is 0.810. The smallest absolute Gasteiger partial charge is 0.478 e. The zero-order chi connectivity index (χ0) is 15.5. The van der Waals surface area contributed by atoms with Crippen LogP contribution in [0.1, 0.15) is 22.8 Å². The zero-order valence-corrected chi connectivity index (χ0v) is 11.5.